The van der Waals surface area contributed by atoms with Gasteiger partial charge in [-0.05, 0) is 26.2 Å². The van der Waals surface area contributed by atoms with E-state index in [9.17, 15) is 0 Å². The van der Waals surface area contributed by atoms with Crippen LogP contribution in [0, 0.1) is 6.92 Å². The highest BCUT2D eigenvalue weighted by atomic mass is 15.1. The quantitative estimate of drug-likeness (QED) is 0.696. The first-order valence-electron chi connectivity index (χ1n) is 5.73. The molecule has 4 N–H and O–H groups in total. The fourth-order valence-corrected chi connectivity index (χ4v) is 2.22. The Morgan fingerprint density at radius 2 is 2.47 bits per heavy atom. The predicted molar refractivity (Wildman–Crippen MR) is 60.4 cm³/mol. The third-order valence-electron chi connectivity index (χ3n) is 3.23. The number of nitrogens with two attached hydrogens (primary N) is 1. The minimum atomic E-state index is 0.390. The van der Waals surface area contributed by atoms with Crippen molar-refractivity contribution in [2.75, 3.05) is 0 Å². The van der Waals surface area contributed by atoms with Crippen molar-refractivity contribution in [2.45, 2.75) is 51.2 Å². The molecule has 0 bridgehead atoms. The van der Waals surface area contributed by atoms with Gasteiger partial charge in [0.05, 0.1) is 6.20 Å². The molecule has 0 spiro atoms. The van der Waals surface area contributed by atoms with Crippen LogP contribution in [0.4, 0.5) is 0 Å². The van der Waals surface area contributed by atoms with Gasteiger partial charge in [-0.2, -0.15) is 5.10 Å². The van der Waals surface area contributed by atoms with Crippen molar-refractivity contribution in [2.24, 2.45) is 5.73 Å². The maximum Gasteiger partial charge on any atom is 0.0535 e. The third-order valence-corrected chi connectivity index (χ3v) is 3.23. The molecule has 1 aliphatic carbocycles. The van der Waals surface area contributed by atoms with Crippen LogP contribution in [0.15, 0.2) is 6.20 Å². The molecular formula is C11H20N4. The van der Waals surface area contributed by atoms with Crippen LogP contribution in [0.3, 0.4) is 0 Å². The highest BCUT2D eigenvalue weighted by Crippen LogP contribution is 2.17. The highest BCUT2D eigenvalue weighted by molar-refractivity contribution is 5.13. The molecule has 1 heterocycles. The lowest BCUT2D eigenvalue weighted by Crippen LogP contribution is -2.39. The van der Waals surface area contributed by atoms with Gasteiger partial charge in [-0.15, -0.1) is 0 Å². The first-order valence-corrected chi connectivity index (χ1v) is 5.73. The Hall–Kier alpha value is -0.870. The van der Waals surface area contributed by atoms with Crippen LogP contribution in [0.5, 0.6) is 0 Å². The van der Waals surface area contributed by atoms with Crippen molar-refractivity contribution in [3.05, 3.63) is 17.5 Å². The maximum atomic E-state index is 5.95. The van der Waals surface area contributed by atoms with Crippen LogP contribution in [-0.2, 0) is 6.54 Å². The Morgan fingerprint density at radius 3 is 3.13 bits per heavy atom. The Balaban J connectivity index is 1.80. The van der Waals surface area contributed by atoms with Gasteiger partial charge in [0.1, 0.15) is 0 Å². The van der Waals surface area contributed by atoms with E-state index in [1.165, 1.54) is 24.8 Å². The van der Waals surface area contributed by atoms with Gasteiger partial charge in [-0.3, -0.25) is 5.10 Å². The van der Waals surface area contributed by atoms with Crippen molar-refractivity contribution in [1.29, 1.82) is 0 Å². The molecule has 0 aromatic carbocycles. The summed E-state index contributed by atoms with van der Waals surface area (Å²) < 4.78 is 0. The number of H-pyrrole nitrogens is 1. The second-order valence-corrected chi connectivity index (χ2v) is 4.52. The van der Waals surface area contributed by atoms with Gasteiger partial charge >= 0.3 is 0 Å². The second kappa shape index (κ2) is 4.77. The molecule has 1 aromatic rings. The van der Waals surface area contributed by atoms with E-state index in [1.54, 1.807) is 0 Å². The molecule has 15 heavy (non-hydrogen) atoms. The Kier molecular flexibility index (Phi) is 3.38. The minimum absolute atomic E-state index is 0.390. The first kappa shape index (κ1) is 10.6. The van der Waals surface area contributed by atoms with Gasteiger partial charge in [0.25, 0.3) is 0 Å². The molecule has 1 saturated carbocycles. The molecule has 4 nitrogen and oxygen atoms in total. The van der Waals surface area contributed by atoms with Crippen LogP contribution < -0.4 is 11.1 Å². The van der Waals surface area contributed by atoms with Crippen LogP contribution in [0.2, 0.25) is 0 Å². The van der Waals surface area contributed by atoms with E-state index in [1.807, 2.05) is 6.20 Å². The van der Waals surface area contributed by atoms with Crippen LogP contribution in [0.25, 0.3) is 0 Å². The number of rotatable bonds is 3. The summed E-state index contributed by atoms with van der Waals surface area (Å²) in [7, 11) is 0. The number of hydrogen-bond acceptors (Lipinski definition) is 3. The molecule has 0 saturated heterocycles. The molecule has 4 heteroatoms. The van der Waals surface area contributed by atoms with Crippen LogP contribution >= 0.6 is 0 Å². The van der Waals surface area contributed by atoms with Crippen molar-refractivity contribution < 1.29 is 0 Å². The molecule has 84 valence electrons. The summed E-state index contributed by atoms with van der Waals surface area (Å²) in [5, 5.41) is 10.5. The predicted octanol–water partition coefficient (Wildman–Crippen LogP) is 1.08. The van der Waals surface area contributed by atoms with Crippen LogP contribution in [0.1, 0.15) is 36.9 Å². The number of nitrogens with one attached hydrogen (secondary N) is 2. The van der Waals surface area contributed by atoms with Crippen molar-refractivity contribution in [3.8, 4) is 0 Å². The van der Waals surface area contributed by atoms with Crippen molar-refractivity contribution in [1.82, 2.24) is 15.5 Å². The largest absolute Gasteiger partial charge is 0.328 e. The summed E-state index contributed by atoms with van der Waals surface area (Å²) in [6.07, 6.45) is 6.69. The molecule has 1 aliphatic rings. The standard InChI is InChI=1S/C11H20N4/c1-8-9(7-14-15-8)6-13-11-4-2-3-10(12)5-11/h7,10-11,13H,2-6,12H2,1H3,(H,14,15). The minimum Gasteiger partial charge on any atom is -0.328 e. The Bertz CT molecular complexity index is 307. The van der Waals surface area contributed by atoms with Gasteiger partial charge in [0, 0.05) is 29.9 Å². The van der Waals surface area contributed by atoms with Gasteiger partial charge in [-0.25, -0.2) is 0 Å². The molecule has 0 radical (unpaired) electrons. The van der Waals surface area contributed by atoms with E-state index in [-0.39, 0.29) is 0 Å². The SMILES string of the molecule is Cc1[nH]ncc1CNC1CCCC(N)C1. The smallest absolute Gasteiger partial charge is 0.0535 e. The van der Waals surface area contributed by atoms with E-state index >= 15 is 0 Å². The van der Waals surface area contributed by atoms with Crippen LogP contribution in [-0.4, -0.2) is 22.3 Å². The van der Waals surface area contributed by atoms with Crippen molar-refractivity contribution >= 4 is 0 Å². The molecule has 2 atom stereocenters. The zero-order chi connectivity index (χ0) is 10.7. The van der Waals surface area contributed by atoms with E-state index in [0.717, 1.165) is 18.7 Å². The number of nitrogens with zero attached hydrogens (tertiary/aromatic N) is 1. The lowest BCUT2D eigenvalue weighted by molar-refractivity contribution is 0.338. The molecule has 2 unspecified atom stereocenters. The topological polar surface area (TPSA) is 66.7 Å². The lowest BCUT2D eigenvalue weighted by atomic mass is 9.91. The summed E-state index contributed by atoms with van der Waals surface area (Å²) in [5.74, 6) is 0. The zero-order valence-corrected chi connectivity index (χ0v) is 9.29. The first-order chi connectivity index (χ1) is 7.25. The van der Waals surface area contributed by atoms with Crippen molar-refractivity contribution in [3.63, 3.8) is 0 Å². The van der Waals surface area contributed by atoms with Gasteiger partial charge < -0.3 is 11.1 Å². The summed E-state index contributed by atoms with van der Waals surface area (Å²) in [6.45, 7) is 2.95. The van der Waals surface area contributed by atoms with E-state index < -0.39 is 0 Å². The molecule has 2 rings (SSSR count). The third kappa shape index (κ3) is 2.79. The summed E-state index contributed by atoms with van der Waals surface area (Å²) in [4.78, 5) is 0. The number of aromatic nitrogens is 2. The molecular weight excluding hydrogens is 188 g/mol. The average molecular weight is 208 g/mol. The Labute approximate surface area is 90.6 Å². The lowest BCUT2D eigenvalue weighted by Gasteiger charge is -2.27. The highest BCUT2D eigenvalue weighted by Gasteiger charge is 2.18. The van der Waals surface area contributed by atoms with Gasteiger partial charge in [0.15, 0.2) is 0 Å². The number of hydrogen-bond donors (Lipinski definition) is 3. The normalized spacial score (nSPS) is 26.8. The number of aryl methyl sites for hydroxylation is 1. The number of aromatic amines is 1. The monoisotopic (exact) mass is 208 g/mol. The summed E-state index contributed by atoms with van der Waals surface area (Å²) >= 11 is 0. The zero-order valence-electron chi connectivity index (χ0n) is 9.29. The average Bonchev–Trinajstić information content (AvgIpc) is 2.61. The second-order valence-electron chi connectivity index (χ2n) is 4.52. The van der Waals surface area contributed by atoms with E-state index in [2.05, 4.69) is 22.4 Å². The maximum absolute atomic E-state index is 5.95. The van der Waals surface area contributed by atoms with E-state index in [0.29, 0.717) is 12.1 Å². The Morgan fingerprint density at radius 1 is 1.60 bits per heavy atom. The summed E-state index contributed by atoms with van der Waals surface area (Å²) in [5.41, 5.74) is 8.36. The van der Waals surface area contributed by atoms with Gasteiger partial charge in [0.2, 0.25) is 0 Å². The molecule has 0 aliphatic heterocycles. The molecule has 0 amide bonds. The summed E-state index contributed by atoms with van der Waals surface area (Å²) in [6, 6.07) is 0.977. The van der Waals surface area contributed by atoms with Gasteiger partial charge in [-0.1, -0.05) is 6.42 Å². The fraction of sp³-hybridized carbons (Fsp3) is 0.727. The fourth-order valence-electron chi connectivity index (χ4n) is 2.22. The van der Waals surface area contributed by atoms with E-state index in [4.69, 9.17) is 5.73 Å². The molecule has 1 aromatic heterocycles. The molecule has 1 fully saturated rings.